The summed E-state index contributed by atoms with van der Waals surface area (Å²) < 4.78 is 5.26. The number of oxime groups is 1. The maximum Gasteiger partial charge on any atom is 0.255 e. The highest BCUT2D eigenvalue weighted by atomic mass is 32.1. The van der Waals surface area contributed by atoms with E-state index < -0.39 is 0 Å². The third-order valence-corrected chi connectivity index (χ3v) is 3.23. The zero-order chi connectivity index (χ0) is 12.3. The Morgan fingerprint density at radius 1 is 1.76 bits per heavy atom. The van der Waals surface area contributed by atoms with Crippen molar-refractivity contribution in [2.45, 2.75) is 25.9 Å². The van der Waals surface area contributed by atoms with Crippen LogP contribution < -0.4 is 5.32 Å². The molecule has 0 saturated carbocycles. The van der Waals surface area contributed by atoms with Crippen molar-refractivity contribution in [3.05, 3.63) is 11.1 Å². The summed E-state index contributed by atoms with van der Waals surface area (Å²) in [5.74, 6) is -0.165. The van der Waals surface area contributed by atoms with Crippen LogP contribution in [-0.2, 0) is 9.53 Å². The minimum Gasteiger partial charge on any atom is -0.411 e. The second-order valence-electron chi connectivity index (χ2n) is 3.71. The number of aromatic nitrogens is 1. The lowest BCUT2D eigenvalue weighted by atomic mass is 10.2. The Bertz CT molecular complexity index is 438. The fraction of sp³-hybridized carbons (Fsp3) is 0.500. The first-order chi connectivity index (χ1) is 8.20. The highest BCUT2D eigenvalue weighted by Gasteiger charge is 2.24. The van der Waals surface area contributed by atoms with Crippen molar-refractivity contribution in [2.75, 3.05) is 11.9 Å². The Labute approximate surface area is 102 Å². The van der Waals surface area contributed by atoms with E-state index in [4.69, 9.17) is 9.94 Å². The predicted octanol–water partition coefficient (Wildman–Crippen LogP) is 1.46. The summed E-state index contributed by atoms with van der Waals surface area (Å²) in [5.41, 5.74) is 0.971. The molecule has 7 heteroatoms. The molecule has 1 unspecified atom stereocenters. The highest BCUT2D eigenvalue weighted by molar-refractivity contribution is 7.14. The van der Waals surface area contributed by atoms with Crippen molar-refractivity contribution in [3.63, 3.8) is 0 Å². The molecule has 1 aromatic rings. The molecule has 1 aromatic heterocycles. The van der Waals surface area contributed by atoms with Crippen LogP contribution in [0.4, 0.5) is 5.13 Å². The summed E-state index contributed by atoms with van der Waals surface area (Å²) in [4.78, 5) is 15.8. The molecular weight excluding hydrogens is 242 g/mol. The molecular formula is C10H13N3O3S. The zero-order valence-corrected chi connectivity index (χ0v) is 10.2. The van der Waals surface area contributed by atoms with E-state index in [1.165, 1.54) is 11.3 Å². The fourth-order valence-electron chi connectivity index (χ4n) is 1.52. The number of rotatable bonds is 3. The quantitative estimate of drug-likeness (QED) is 0.486. The van der Waals surface area contributed by atoms with E-state index in [-0.39, 0.29) is 12.0 Å². The van der Waals surface area contributed by atoms with Gasteiger partial charge >= 0.3 is 0 Å². The third-order valence-electron chi connectivity index (χ3n) is 2.48. The molecule has 0 aromatic carbocycles. The second-order valence-corrected chi connectivity index (χ2v) is 4.57. The number of hydrogen-bond acceptors (Lipinski definition) is 6. The molecule has 1 fully saturated rings. The maximum atomic E-state index is 11.7. The number of thiazole rings is 1. The van der Waals surface area contributed by atoms with Crippen LogP contribution in [0, 0.1) is 0 Å². The maximum absolute atomic E-state index is 11.7. The van der Waals surface area contributed by atoms with E-state index in [0.717, 1.165) is 12.8 Å². The molecule has 92 valence electrons. The monoisotopic (exact) mass is 255 g/mol. The zero-order valence-electron chi connectivity index (χ0n) is 9.34. The number of carbonyl (C=O) groups excluding carboxylic acids is 1. The Morgan fingerprint density at radius 3 is 3.24 bits per heavy atom. The molecule has 6 nitrogen and oxygen atoms in total. The van der Waals surface area contributed by atoms with E-state index in [0.29, 0.717) is 23.1 Å². The van der Waals surface area contributed by atoms with Crippen LogP contribution in [-0.4, -0.2) is 34.5 Å². The van der Waals surface area contributed by atoms with E-state index in [1.54, 1.807) is 12.3 Å². The summed E-state index contributed by atoms with van der Waals surface area (Å²) in [6, 6.07) is 0. The van der Waals surface area contributed by atoms with Gasteiger partial charge in [-0.15, -0.1) is 11.3 Å². The van der Waals surface area contributed by atoms with Gasteiger partial charge in [-0.05, 0) is 19.8 Å². The molecule has 0 aliphatic carbocycles. The van der Waals surface area contributed by atoms with Crippen molar-refractivity contribution in [3.8, 4) is 0 Å². The SMILES string of the molecule is C/C(=N\O)c1csc(NC(=O)C2CCCO2)n1. The molecule has 2 heterocycles. The lowest BCUT2D eigenvalue weighted by Crippen LogP contribution is -2.26. The smallest absolute Gasteiger partial charge is 0.255 e. The van der Waals surface area contributed by atoms with E-state index in [9.17, 15) is 4.79 Å². The number of carbonyl (C=O) groups is 1. The van der Waals surface area contributed by atoms with E-state index in [1.807, 2.05) is 0 Å². The van der Waals surface area contributed by atoms with Gasteiger partial charge in [-0.25, -0.2) is 4.98 Å². The third kappa shape index (κ3) is 2.80. The van der Waals surface area contributed by atoms with Gasteiger partial charge in [-0.2, -0.15) is 0 Å². The van der Waals surface area contributed by atoms with Gasteiger partial charge in [0.1, 0.15) is 17.5 Å². The molecule has 2 N–H and O–H groups in total. The topological polar surface area (TPSA) is 83.8 Å². The molecule has 0 bridgehead atoms. The van der Waals surface area contributed by atoms with Crippen LogP contribution in [0.5, 0.6) is 0 Å². The van der Waals surface area contributed by atoms with Crippen LogP contribution in [0.1, 0.15) is 25.5 Å². The number of amides is 1. The molecule has 1 saturated heterocycles. The Morgan fingerprint density at radius 2 is 2.59 bits per heavy atom. The van der Waals surface area contributed by atoms with Gasteiger partial charge in [-0.3, -0.25) is 10.1 Å². The Hall–Kier alpha value is -1.47. The molecule has 2 rings (SSSR count). The summed E-state index contributed by atoms with van der Waals surface area (Å²) in [5, 5.41) is 16.6. The minimum atomic E-state index is -0.366. The van der Waals surface area contributed by atoms with Crippen molar-refractivity contribution in [2.24, 2.45) is 5.16 Å². The lowest BCUT2D eigenvalue weighted by molar-refractivity contribution is -0.124. The number of anilines is 1. The molecule has 17 heavy (non-hydrogen) atoms. The largest absolute Gasteiger partial charge is 0.411 e. The van der Waals surface area contributed by atoms with Gasteiger partial charge in [0.25, 0.3) is 5.91 Å². The first-order valence-electron chi connectivity index (χ1n) is 5.27. The van der Waals surface area contributed by atoms with Gasteiger partial charge in [0.2, 0.25) is 0 Å². The van der Waals surface area contributed by atoms with Crippen molar-refractivity contribution in [1.82, 2.24) is 4.98 Å². The average molecular weight is 255 g/mol. The summed E-state index contributed by atoms with van der Waals surface area (Å²) >= 11 is 1.29. The van der Waals surface area contributed by atoms with Crippen LogP contribution in [0.2, 0.25) is 0 Å². The summed E-state index contributed by atoms with van der Waals surface area (Å²) in [6.07, 6.45) is 1.30. The molecule has 1 aliphatic heterocycles. The fourth-order valence-corrected chi connectivity index (χ4v) is 2.28. The minimum absolute atomic E-state index is 0.165. The van der Waals surface area contributed by atoms with E-state index in [2.05, 4.69) is 15.5 Å². The van der Waals surface area contributed by atoms with Crippen molar-refractivity contribution in [1.29, 1.82) is 0 Å². The first-order valence-corrected chi connectivity index (χ1v) is 6.15. The molecule has 1 atom stereocenters. The van der Waals surface area contributed by atoms with E-state index >= 15 is 0 Å². The van der Waals surface area contributed by atoms with Gasteiger partial charge < -0.3 is 9.94 Å². The van der Waals surface area contributed by atoms with Gasteiger partial charge in [0.05, 0.1) is 0 Å². The highest BCUT2D eigenvalue weighted by Crippen LogP contribution is 2.19. The molecule has 1 amide bonds. The van der Waals surface area contributed by atoms with Crippen molar-refractivity contribution >= 4 is 28.1 Å². The normalized spacial score (nSPS) is 20.5. The molecule has 0 radical (unpaired) electrons. The van der Waals surface area contributed by atoms with Gasteiger partial charge in [0, 0.05) is 12.0 Å². The van der Waals surface area contributed by atoms with Gasteiger partial charge in [-0.1, -0.05) is 5.16 Å². The Balaban J connectivity index is 1.99. The second kappa shape index (κ2) is 5.24. The van der Waals surface area contributed by atoms with Crippen molar-refractivity contribution < 1.29 is 14.7 Å². The first kappa shape index (κ1) is 12.0. The summed E-state index contributed by atoms with van der Waals surface area (Å²) in [6.45, 7) is 2.28. The number of hydrogen-bond donors (Lipinski definition) is 2. The number of ether oxygens (including phenoxy) is 1. The predicted molar refractivity (Wildman–Crippen MR) is 63.7 cm³/mol. The molecule has 0 spiro atoms. The summed E-state index contributed by atoms with van der Waals surface area (Å²) in [7, 11) is 0. The number of nitrogens with one attached hydrogen (secondary N) is 1. The van der Waals surface area contributed by atoms with Crippen LogP contribution >= 0.6 is 11.3 Å². The Kier molecular flexibility index (Phi) is 3.70. The standard InChI is InChI=1S/C10H13N3O3S/c1-6(13-15)7-5-17-10(11-7)12-9(14)8-3-2-4-16-8/h5,8,15H,2-4H2,1H3,(H,11,12,14)/b13-6+. The van der Waals surface area contributed by atoms with Crippen LogP contribution in [0.15, 0.2) is 10.5 Å². The van der Waals surface area contributed by atoms with Crippen LogP contribution in [0.25, 0.3) is 0 Å². The molecule has 1 aliphatic rings. The van der Waals surface area contributed by atoms with Gasteiger partial charge in [0.15, 0.2) is 5.13 Å². The average Bonchev–Trinajstić information content (AvgIpc) is 2.98. The number of nitrogens with zero attached hydrogens (tertiary/aromatic N) is 2. The lowest BCUT2D eigenvalue weighted by Gasteiger charge is -2.07. The van der Waals surface area contributed by atoms with Crippen LogP contribution in [0.3, 0.4) is 0 Å².